The van der Waals surface area contributed by atoms with E-state index in [-0.39, 0.29) is 0 Å². The Morgan fingerprint density at radius 2 is 0.614 bits per heavy atom. The van der Waals surface area contributed by atoms with Gasteiger partial charge in [0.1, 0.15) is 0 Å². The fraction of sp³-hybridized carbons (Fsp3) is 0.810. The lowest BCUT2D eigenvalue weighted by atomic mass is 10.1. The van der Waals surface area contributed by atoms with Crippen molar-refractivity contribution >= 4 is 0 Å². The molecule has 2 nitrogen and oxygen atoms in total. The minimum absolute atomic E-state index is 1.12. The summed E-state index contributed by atoms with van der Waals surface area (Å²) >= 11 is 0. The molecule has 0 saturated heterocycles. The molecule has 0 aromatic rings. The van der Waals surface area contributed by atoms with Crippen LogP contribution in [-0.2, 0) is 0 Å². The average molecular weight is 613 g/mol. The molecule has 0 saturated carbocycles. The Labute approximate surface area is 278 Å². The maximum atomic E-state index is 2.79. The first-order valence-electron chi connectivity index (χ1n) is 19.7. The summed E-state index contributed by atoms with van der Waals surface area (Å²) < 4.78 is 0. The molecule has 0 aliphatic heterocycles. The molecule has 0 unspecified atom stereocenters. The molecule has 0 fully saturated rings. The topological polar surface area (TPSA) is 6.48 Å². The summed E-state index contributed by atoms with van der Waals surface area (Å²) in [5, 5.41) is 0. The van der Waals surface area contributed by atoms with E-state index in [1.54, 1.807) is 0 Å². The van der Waals surface area contributed by atoms with E-state index in [0.717, 1.165) is 12.8 Å². The minimum Gasteiger partial charge on any atom is -0.309 e. The van der Waals surface area contributed by atoms with Gasteiger partial charge in [-0.1, -0.05) is 140 Å². The van der Waals surface area contributed by atoms with E-state index in [1.165, 1.54) is 180 Å². The Morgan fingerprint density at radius 1 is 0.318 bits per heavy atom. The van der Waals surface area contributed by atoms with Gasteiger partial charge in [0.2, 0.25) is 0 Å². The second-order valence-electron chi connectivity index (χ2n) is 13.5. The van der Waals surface area contributed by atoms with Gasteiger partial charge in [-0.05, 0) is 130 Å². The summed E-state index contributed by atoms with van der Waals surface area (Å²) in [6, 6.07) is 0. The van der Waals surface area contributed by atoms with Crippen LogP contribution in [0.15, 0.2) is 48.6 Å². The highest BCUT2D eigenvalue weighted by Gasteiger charge is 2.05. The van der Waals surface area contributed by atoms with Gasteiger partial charge in [0.15, 0.2) is 0 Å². The predicted octanol–water partition coefficient (Wildman–Crippen LogP) is 13.3. The van der Waals surface area contributed by atoms with Crippen LogP contribution in [0.3, 0.4) is 0 Å². The van der Waals surface area contributed by atoms with Gasteiger partial charge < -0.3 is 9.80 Å². The molecule has 0 aliphatic rings. The fourth-order valence-electron chi connectivity index (χ4n) is 5.75. The van der Waals surface area contributed by atoms with Crippen molar-refractivity contribution in [3.05, 3.63) is 48.6 Å². The molecule has 0 spiro atoms. The Bertz CT molecular complexity index is 596. The van der Waals surface area contributed by atoms with Crippen molar-refractivity contribution in [3.8, 4) is 0 Å². The standard InChI is InChI=1S/C42H80N2/c1-5-7-9-11-13-15-17-19-21-23-25-27-29-31-33-35-40-44(42-38-37-39-43(3)4)41-36-34-32-30-28-26-24-22-20-18-16-14-12-10-8-6-2/h13-16,19-22H,5-12,17-18,23-42H2,1-4H3. The zero-order valence-electron chi connectivity index (χ0n) is 30.7. The van der Waals surface area contributed by atoms with Crippen molar-refractivity contribution in [3.63, 3.8) is 0 Å². The molecule has 0 bridgehead atoms. The van der Waals surface area contributed by atoms with Crippen molar-refractivity contribution in [1.82, 2.24) is 9.80 Å². The van der Waals surface area contributed by atoms with E-state index in [4.69, 9.17) is 0 Å². The lowest BCUT2D eigenvalue weighted by molar-refractivity contribution is 0.250. The Balaban J connectivity index is 3.83. The normalized spacial score (nSPS) is 12.6. The van der Waals surface area contributed by atoms with Crippen LogP contribution in [-0.4, -0.2) is 50.1 Å². The van der Waals surface area contributed by atoms with Crippen molar-refractivity contribution in [2.45, 2.75) is 181 Å². The molecule has 0 aromatic carbocycles. The molecule has 44 heavy (non-hydrogen) atoms. The highest BCUT2D eigenvalue weighted by Crippen LogP contribution is 2.12. The molecule has 2 heteroatoms. The molecule has 0 radical (unpaired) electrons. The van der Waals surface area contributed by atoms with Crippen molar-refractivity contribution < 1.29 is 0 Å². The lowest BCUT2D eigenvalue weighted by Crippen LogP contribution is -2.28. The SMILES string of the molecule is CCCCCC=CCC=CCCCCCCCCN(CCCCCCCCC=CCC=CCCCCC)CCCCN(C)C. The number of allylic oxidation sites excluding steroid dienone is 8. The summed E-state index contributed by atoms with van der Waals surface area (Å²) in [6.45, 7) is 9.71. The van der Waals surface area contributed by atoms with E-state index >= 15 is 0 Å². The number of nitrogens with zero attached hydrogens (tertiary/aromatic N) is 2. The molecule has 0 amide bonds. The van der Waals surface area contributed by atoms with Gasteiger partial charge in [0, 0.05) is 0 Å². The van der Waals surface area contributed by atoms with E-state index in [9.17, 15) is 0 Å². The monoisotopic (exact) mass is 613 g/mol. The van der Waals surface area contributed by atoms with Crippen LogP contribution >= 0.6 is 0 Å². The highest BCUT2D eigenvalue weighted by atomic mass is 15.1. The molecule has 0 aliphatic carbocycles. The molecular weight excluding hydrogens is 532 g/mol. The Morgan fingerprint density at radius 3 is 0.977 bits per heavy atom. The van der Waals surface area contributed by atoms with Crippen LogP contribution in [0.2, 0.25) is 0 Å². The van der Waals surface area contributed by atoms with E-state index in [1.807, 2.05) is 0 Å². The van der Waals surface area contributed by atoms with E-state index < -0.39 is 0 Å². The zero-order chi connectivity index (χ0) is 32.0. The second kappa shape index (κ2) is 38.1. The molecule has 0 heterocycles. The van der Waals surface area contributed by atoms with E-state index in [0.29, 0.717) is 0 Å². The van der Waals surface area contributed by atoms with Crippen LogP contribution in [0.5, 0.6) is 0 Å². The van der Waals surface area contributed by atoms with Crippen LogP contribution < -0.4 is 0 Å². The van der Waals surface area contributed by atoms with Crippen LogP contribution in [0, 0.1) is 0 Å². The summed E-state index contributed by atoms with van der Waals surface area (Å²) in [7, 11) is 4.40. The minimum atomic E-state index is 1.12. The Kier molecular flexibility index (Phi) is 37.1. The fourth-order valence-corrected chi connectivity index (χ4v) is 5.75. The van der Waals surface area contributed by atoms with Crippen molar-refractivity contribution in [2.24, 2.45) is 0 Å². The van der Waals surface area contributed by atoms with Gasteiger partial charge >= 0.3 is 0 Å². The van der Waals surface area contributed by atoms with Crippen LogP contribution in [0.4, 0.5) is 0 Å². The summed E-state index contributed by atoms with van der Waals surface area (Å²) in [5.74, 6) is 0. The van der Waals surface area contributed by atoms with Crippen molar-refractivity contribution in [1.29, 1.82) is 0 Å². The number of rotatable bonds is 35. The quantitative estimate of drug-likeness (QED) is 0.0519. The van der Waals surface area contributed by atoms with E-state index in [2.05, 4.69) is 86.4 Å². The largest absolute Gasteiger partial charge is 0.309 e. The summed E-state index contributed by atoms with van der Waals surface area (Å²) in [6.07, 6.45) is 53.8. The third kappa shape index (κ3) is 37.1. The smallest absolute Gasteiger partial charge is 0.00183 e. The Hall–Kier alpha value is -1.12. The predicted molar refractivity (Wildman–Crippen MR) is 203 cm³/mol. The third-order valence-electron chi connectivity index (χ3n) is 8.68. The third-order valence-corrected chi connectivity index (χ3v) is 8.68. The summed E-state index contributed by atoms with van der Waals surface area (Å²) in [4.78, 5) is 5.12. The molecular formula is C42H80N2. The van der Waals surface area contributed by atoms with Gasteiger partial charge in [-0.2, -0.15) is 0 Å². The maximum absolute atomic E-state index is 2.79. The van der Waals surface area contributed by atoms with Gasteiger partial charge in [-0.3, -0.25) is 0 Å². The number of hydrogen-bond acceptors (Lipinski definition) is 2. The number of unbranched alkanes of at least 4 members (excludes halogenated alkanes) is 19. The average Bonchev–Trinajstić information content (AvgIpc) is 3.02. The van der Waals surface area contributed by atoms with Crippen LogP contribution in [0.25, 0.3) is 0 Å². The summed E-state index contributed by atoms with van der Waals surface area (Å²) in [5.41, 5.74) is 0. The first-order valence-corrected chi connectivity index (χ1v) is 19.7. The van der Waals surface area contributed by atoms with Gasteiger partial charge in [0.25, 0.3) is 0 Å². The molecule has 0 aromatic heterocycles. The first-order chi connectivity index (χ1) is 21.7. The highest BCUT2D eigenvalue weighted by molar-refractivity contribution is 4.93. The van der Waals surface area contributed by atoms with Gasteiger partial charge in [-0.25, -0.2) is 0 Å². The van der Waals surface area contributed by atoms with Crippen LogP contribution in [0.1, 0.15) is 181 Å². The zero-order valence-corrected chi connectivity index (χ0v) is 30.7. The molecule has 0 atom stereocenters. The number of hydrogen-bond donors (Lipinski definition) is 0. The first kappa shape index (κ1) is 42.9. The molecule has 0 rings (SSSR count). The van der Waals surface area contributed by atoms with Gasteiger partial charge in [0.05, 0.1) is 0 Å². The molecule has 0 N–H and O–H groups in total. The lowest BCUT2D eigenvalue weighted by Gasteiger charge is -2.23. The van der Waals surface area contributed by atoms with Crippen molar-refractivity contribution in [2.75, 3.05) is 40.3 Å². The molecule has 258 valence electrons. The second-order valence-corrected chi connectivity index (χ2v) is 13.5. The maximum Gasteiger partial charge on any atom is -0.00183 e. The van der Waals surface area contributed by atoms with Gasteiger partial charge in [-0.15, -0.1) is 0 Å².